The van der Waals surface area contributed by atoms with Gasteiger partial charge in [0.15, 0.2) is 0 Å². The Kier molecular flexibility index (Phi) is 5.88. The molecule has 0 aliphatic rings. The van der Waals surface area contributed by atoms with Gasteiger partial charge in [-0.25, -0.2) is 0 Å². The Morgan fingerprint density at radius 2 is 1.60 bits per heavy atom. The molecule has 0 fully saturated rings. The standard InChI is InChI=1S/C20H18ClNO3/c21-17-5-3-16(4-6-17)20(23)14-25-19-9-7-18(8-10-19)24-13-15-2-1-11-22-12-15/h1-12,20,23H,13-14H2/t20-/m0/s1. The van der Waals surface area contributed by atoms with Crippen molar-refractivity contribution in [3.05, 3.63) is 89.2 Å². The maximum absolute atomic E-state index is 10.1. The first-order valence-corrected chi connectivity index (χ1v) is 8.26. The van der Waals surface area contributed by atoms with E-state index in [0.29, 0.717) is 17.4 Å². The molecule has 1 heterocycles. The van der Waals surface area contributed by atoms with Gasteiger partial charge in [-0.2, -0.15) is 0 Å². The zero-order valence-corrected chi connectivity index (χ0v) is 14.3. The van der Waals surface area contributed by atoms with Crippen molar-refractivity contribution in [2.24, 2.45) is 0 Å². The van der Waals surface area contributed by atoms with Crippen LogP contribution in [0.5, 0.6) is 11.5 Å². The smallest absolute Gasteiger partial charge is 0.120 e. The molecule has 25 heavy (non-hydrogen) atoms. The van der Waals surface area contributed by atoms with Crippen LogP contribution >= 0.6 is 11.6 Å². The van der Waals surface area contributed by atoms with Crippen molar-refractivity contribution >= 4 is 11.6 Å². The second-order valence-electron chi connectivity index (χ2n) is 5.50. The molecule has 1 N–H and O–H groups in total. The van der Waals surface area contributed by atoms with Gasteiger partial charge >= 0.3 is 0 Å². The molecule has 3 rings (SSSR count). The molecule has 0 saturated carbocycles. The van der Waals surface area contributed by atoms with Gasteiger partial charge in [0.25, 0.3) is 0 Å². The fourth-order valence-electron chi connectivity index (χ4n) is 2.24. The maximum atomic E-state index is 10.1. The average molecular weight is 356 g/mol. The highest BCUT2D eigenvalue weighted by atomic mass is 35.5. The quantitative estimate of drug-likeness (QED) is 0.681. The molecule has 1 atom stereocenters. The van der Waals surface area contributed by atoms with E-state index in [0.717, 1.165) is 16.9 Å². The second kappa shape index (κ2) is 8.51. The summed E-state index contributed by atoms with van der Waals surface area (Å²) in [7, 11) is 0. The molecule has 3 aromatic rings. The summed E-state index contributed by atoms with van der Waals surface area (Å²) < 4.78 is 11.3. The Morgan fingerprint density at radius 1 is 0.920 bits per heavy atom. The lowest BCUT2D eigenvalue weighted by Gasteiger charge is -2.13. The summed E-state index contributed by atoms with van der Waals surface area (Å²) in [4.78, 5) is 4.05. The molecule has 0 radical (unpaired) electrons. The van der Waals surface area contributed by atoms with Crippen LogP contribution in [0.4, 0.5) is 0 Å². The van der Waals surface area contributed by atoms with Gasteiger partial charge in [-0.15, -0.1) is 0 Å². The number of benzene rings is 2. The summed E-state index contributed by atoms with van der Waals surface area (Å²) in [6, 6.07) is 18.2. The lowest BCUT2D eigenvalue weighted by molar-refractivity contribution is 0.108. The van der Waals surface area contributed by atoms with Crippen LogP contribution in [0.2, 0.25) is 5.02 Å². The number of aromatic nitrogens is 1. The third-order valence-electron chi connectivity index (χ3n) is 3.61. The third kappa shape index (κ3) is 5.21. The molecule has 0 bridgehead atoms. The number of hydrogen-bond acceptors (Lipinski definition) is 4. The summed E-state index contributed by atoms with van der Waals surface area (Å²) in [6.07, 6.45) is 2.79. The van der Waals surface area contributed by atoms with Crippen LogP contribution in [-0.2, 0) is 6.61 Å². The zero-order chi connectivity index (χ0) is 17.5. The number of nitrogens with zero attached hydrogens (tertiary/aromatic N) is 1. The van der Waals surface area contributed by atoms with Gasteiger partial charge in [0, 0.05) is 23.0 Å². The number of rotatable bonds is 7. The molecule has 0 unspecified atom stereocenters. The number of aliphatic hydroxyl groups is 1. The minimum absolute atomic E-state index is 0.164. The SMILES string of the molecule is O[C@@H](COc1ccc(OCc2cccnc2)cc1)c1ccc(Cl)cc1. The van der Waals surface area contributed by atoms with Crippen molar-refractivity contribution in [3.8, 4) is 11.5 Å². The molecular weight excluding hydrogens is 338 g/mol. The monoisotopic (exact) mass is 355 g/mol. The number of aliphatic hydroxyl groups excluding tert-OH is 1. The summed E-state index contributed by atoms with van der Waals surface area (Å²) in [5.41, 5.74) is 1.77. The van der Waals surface area contributed by atoms with Gasteiger partial charge in [0.1, 0.15) is 30.8 Å². The fraction of sp³-hybridized carbons (Fsp3) is 0.150. The Hall–Kier alpha value is -2.56. The van der Waals surface area contributed by atoms with Crippen molar-refractivity contribution in [1.29, 1.82) is 0 Å². The molecule has 0 saturated heterocycles. The highest BCUT2D eigenvalue weighted by Crippen LogP contribution is 2.21. The van der Waals surface area contributed by atoms with Crippen molar-refractivity contribution in [2.45, 2.75) is 12.7 Å². The number of ether oxygens (including phenoxy) is 2. The molecule has 5 heteroatoms. The van der Waals surface area contributed by atoms with Gasteiger partial charge in [0.2, 0.25) is 0 Å². The molecule has 0 aliphatic heterocycles. The van der Waals surface area contributed by atoms with Gasteiger partial charge in [0.05, 0.1) is 0 Å². The van der Waals surface area contributed by atoms with E-state index < -0.39 is 6.10 Å². The van der Waals surface area contributed by atoms with E-state index in [2.05, 4.69) is 4.98 Å². The first-order valence-electron chi connectivity index (χ1n) is 7.89. The zero-order valence-electron chi connectivity index (χ0n) is 13.5. The maximum Gasteiger partial charge on any atom is 0.120 e. The van der Waals surface area contributed by atoms with Gasteiger partial charge in [-0.1, -0.05) is 29.8 Å². The molecule has 1 aromatic heterocycles. The van der Waals surface area contributed by atoms with Gasteiger partial charge < -0.3 is 14.6 Å². The molecule has 4 nitrogen and oxygen atoms in total. The van der Waals surface area contributed by atoms with Crippen molar-refractivity contribution in [2.75, 3.05) is 6.61 Å². The summed E-state index contributed by atoms with van der Waals surface area (Å²) in [6.45, 7) is 0.626. The van der Waals surface area contributed by atoms with Crippen molar-refractivity contribution in [3.63, 3.8) is 0 Å². The first kappa shape index (κ1) is 17.3. The summed E-state index contributed by atoms with van der Waals surface area (Å²) >= 11 is 5.84. The lowest BCUT2D eigenvalue weighted by Crippen LogP contribution is -2.09. The normalized spacial score (nSPS) is 11.8. The third-order valence-corrected chi connectivity index (χ3v) is 3.87. The van der Waals surface area contributed by atoms with Gasteiger partial charge in [-0.3, -0.25) is 4.98 Å². The van der Waals surface area contributed by atoms with Crippen LogP contribution in [-0.4, -0.2) is 16.7 Å². The minimum Gasteiger partial charge on any atom is -0.491 e. The molecule has 0 amide bonds. The molecular formula is C20H18ClNO3. The molecule has 0 aliphatic carbocycles. The number of pyridine rings is 1. The molecule has 2 aromatic carbocycles. The van der Waals surface area contributed by atoms with Crippen molar-refractivity contribution in [1.82, 2.24) is 4.98 Å². The Balaban J connectivity index is 1.49. The fourth-order valence-corrected chi connectivity index (χ4v) is 2.36. The number of halogens is 1. The van der Waals surface area contributed by atoms with E-state index in [-0.39, 0.29) is 6.61 Å². The van der Waals surface area contributed by atoms with Crippen molar-refractivity contribution < 1.29 is 14.6 Å². The van der Waals surface area contributed by atoms with E-state index in [4.69, 9.17) is 21.1 Å². The van der Waals surface area contributed by atoms with Gasteiger partial charge in [-0.05, 0) is 48.0 Å². The first-order chi connectivity index (χ1) is 12.2. The van der Waals surface area contributed by atoms with E-state index in [1.165, 1.54) is 0 Å². The van der Waals surface area contributed by atoms with Crippen LogP contribution < -0.4 is 9.47 Å². The highest BCUT2D eigenvalue weighted by Gasteiger charge is 2.08. The van der Waals surface area contributed by atoms with E-state index in [9.17, 15) is 5.11 Å². The predicted molar refractivity (Wildman–Crippen MR) is 96.9 cm³/mol. The van der Waals surface area contributed by atoms with Crippen LogP contribution in [0.3, 0.4) is 0 Å². The minimum atomic E-state index is -0.709. The second-order valence-corrected chi connectivity index (χ2v) is 5.94. The topological polar surface area (TPSA) is 51.6 Å². The van der Waals surface area contributed by atoms with E-state index in [1.807, 2.05) is 36.4 Å². The summed E-state index contributed by atoms with van der Waals surface area (Å²) in [5.74, 6) is 1.41. The van der Waals surface area contributed by atoms with Crippen LogP contribution in [0.15, 0.2) is 73.1 Å². The Morgan fingerprint density at radius 3 is 2.24 bits per heavy atom. The lowest BCUT2D eigenvalue weighted by atomic mass is 10.1. The van der Waals surface area contributed by atoms with E-state index >= 15 is 0 Å². The van der Waals surface area contributed by atoms with Crippen LogP contribution in [0.1, 0.15) is 17.2 Å². The van der Waals surface area contributed by atoms with Crippen LogP contribution in [0, 0.1) is 0 Å². The highest BCUT2D eigenvalue weighted by molar-refractivity contribution is 6.30. The molecule has 128 valence electrons. The predicted octanol–water partition coefficient (Wildman–Crippen LogP) is 4.43. The largest absolute Gasteiger partial charge is 0.491 e. The average Bonchev–Trinajstić information content (AvgIpc) is 2.67. The Bertz CT molecular complexity index is 776. The number of hydrogen-bond donors (Lipinski definition) is 1. The summed E-state index contributed by atoms with van der Waals surface area (Å²) in [5, 5.41) is 10.8. The van der Waals surface area contributed by atoms with E-state index in [1.54, 1.807) is 36.7 Å². The Labute approximate surface area is 151 Å². The molecule has 0 spiro atoms. The van der Waals surface area contributed by atoms with Crippen LogP contribution in [0.25, 0.3) is 0 Å².